The van der Waals surface area contributed by atoms with Crippen molar-refractivity contribution in [3.05, 3.63) is 29.8 Å². The molecular weight excluding hydrogens is 290 g/mol. The number of para-hydroxylation sites is 1. The maximum Gasteiger partial charge on any atom is 0.237 e. The van der Waals surface area contributed by atoms with Crippen molar-refractivity contribution >= 4 is 17.5 Å². The van der Waals surface area contributed by atoms with Gasteiger partial charge in [-0.2, -0.15) is 0 Å². The summed E-state index contributed by atoms with van der Waals surface area (Å²) in [5.41, 5.74) is 2.22. The molecule has 2 amide bonds. The van der Waals surface area contributed by atoms with Gasteiger partial charge >= 0.3 is 0 Å². The highest BCUT2D eigenvalue weighted by molar-refractivity contribution is 5.99. The molecule has 5 nitrogen and oxygen atoms in total. The van der Waals surface area contributed by atoms with Crippen molar-refractivity contribution in [3.63, 3.8) is 0 Å². The Kier molecular flexibility index (Phi) is 3.81. The highest BCUT2D eigenvalue weighted by Gasteiger charge is 2.38. The van der Waals surface area contributed by atoms with Gasteiger partial charge in [0.2, 0.25) is 11.8 Å². The first-order chi connectivity index (χ1) is 11.2. The highest BCUT2D eigenvalue weighted by atomic mass is 16.2. The molecule has 122 valence electrons. The van der Waals surface area contributed by atoms with E-state index in [0.717, 1.165) is 31.5 Å². The lowest BCUT2D eigenvalue weighted by Gasteiger charge is -2.40. The van der Waals surface area contributed by atoms with E-state index < -0.39 is 6.04 Å². The van der Waals surface area contributed by atoms with Crippen LogP contribution in [0, 0.1) is 0 Å². The van der Waals surface area contributed by atoms with E-state index in [2.05, 4.69) is 16.7 Å². The van der Waals surface area contributed by atoms with Crippen molar-refractivity contribution in [2.24, 2.45) is 0 Å². The minimum absolute atomic E-state index is 0.0195. The summed E-state index contributed by atoms with van der Waals surface area (Å²) < 4.78 is 0. The van der Waals surface area contributed by atoms with Gasteiger partial charge in [-0.05, 0) is 30.9 Å². The molecule has 5 heteroatoms. The first-order valence-corrected chi connectivity index (χ1v) is 8.67. The van der Waals surface area contributed by atoms with E-state index in [0.29, 0.717) is 6.04 Å². The molecule has 2 heterocycles. The third-order valence-electron chi connectivity index (χ3n) is 5.39. The fourth-order valence-corrected chi connectivity index (χ4v) is 4.15. The molecule has 0 aromatic heterocycles. The van der Waals surface area contributed by atoms with Crippen LogP contribution in [0.5, 0.6) is 0 Å². The van der Waals surface area contributed by atoms with Crippen molar-refractivity contribution in [2.45, 2.75) is 56.7 Å². The molecular formula is C18H23N3O2. The van der Waals surface area contributed by atoms with Crippen LogP contribution in [0.15, 0.2) is 24.3 Å². The van der Waals surface area contributed by atoms with Crippen molar-refractivity contribution in [1.82, 2.24) is 10.6 Å². The summed E-state index contributed by atoms with van der Waals surface area (Å²) in [6.07, 6.45) is 5.65. The molecule has 2 aliphatic heterocycles. The second-order valence-electron chi connectivity index (χ2n) is 6.85. The summed E-state index contributed by atoms with van der Waals surface area (Å²) in [6, 6.07) is 8.20. The number of hydrogen-bond acceptors (Lipinski definition) is 3. The Hall–Kier alpha value is -1.88. The summed E-state index contributed by atoms with van der Waals surface area (Å²) in [5.74, 6) is 0.0193. The zero-order chi connectivity index (χ0) is 15.8. The quantitative estimate of drug-likeness (QED) is 0.867. The van der Waals surface area contributed by atoms with Crippen LogP contribution in [0.4, 0.5) is 5.69 Å². The zero-order valence-electron chi connectivity index (χ0n) is 13.3. The molecule has 23 heavy (non-hydrogen) atoms. The molecule has 2 N–H and O–H groups in total. The van der Waals surface area contributed by atoms with Gasteiger partial charge in [0, 0.05) is 24.3 Å². The number of carbonyl (C=O) groups is 2. The van der Waals surface area contributed by atoms with E-state index >= 15 is 0 Å². The minimum atomic E-state index is -0.394. The first-order valence-electron chi connectivity index (χ1n) is 8.67. The van der Waals surface area contributed by atoms with Gasteiger partial charge in [-0.15, -0.1) is 0 Å². The molecule has 1 aliphatic carbocycles. The van der Waals surface area contributed by atoms with Crippen LogP contribution in [0.3, 0.4) is 0 Å². The minimum Gasteiger partial charge on any atom is -0.350 e. The number of fused-ring (bicyclic) bond motifs is 2. The molecule has 0 radical (unpaired) electrons. The molecule has 3 aliphatic rings. The number of amides is 2. The Morgan fingerprint density at radius 1 is 1.17 bits per heavy atom. The number of nitrogens with one attached hydrogen (secondary N) is 2. The largest absolute Gasteiger partial charge is 0.350 e. The number of piperazine rings is 1. The predicted molar refractivity (Wildman–Crippen MR) is 88.2 cm³/mol. The van der Waals surface area contributed by atoms with Crippen LogP contribution in [-0.2, 0) is 16.0 Å². The van der Waals surface area contributed by atoms with Crippen LogP contribution in [0.2, 0.25) is 0 Å². The summed E-state index contributed by atoms with van der Waals surface area (Å²) >= 11 is 0. The van der Waals surface area contributed by atoms with Gasteiger partial charge in [-0.1, -0.05) is 31.0 Å². The molecule has 4 rings (SSSR count). The Morgan fingerprint density at radius 3 is 2.83 bits per heavy atom. The smallest absolute Gasteiger partial charge is 0.237 e. The van der Waals surface area contributed by atoms with Gasteiger partial charge in [-0.3, -0.25) is 9.59 Å². The summed E-state index contributed by atoms with van der Waals surface area (Å²) in [5, 5.41) is 6.54. The van der Waals surface area contributed by atoms with E-state index in [9.17, 15) is 9.59 Å². The Balaban J connectivity index is 1.44. The topological polar surface area (TPSA) is 61.4 Å². The standard InChI is InChI=1S/C18H23N3O2/c22-17(21-10-9-12-5-1-4-8-16(12)21)11-15-18(23)20-14-7-3-2-6-13(14)19-15/h1,4-5,8,13-15,19H,2-3,6-7,9-11H2,(H,20,23)/t13-,14-,15+/m1/s1. The number of nitrogens with zero attached hydrogens (tertiary/aromatic N) is 1. The molecule has 1 aromatic carbocycles. The van der Waals surface area contributed by atoms with Gasteiger partial charge in [0.15, 0.2) is 0 Å². The zero-order valence-corrected chi connectivity index (χ0v) is 13.3. The number of hydrogen-bond donors (Lipinski definition) is 2. The van der Waals surface area contributed by atoms with Crippen LogP contribution in [0.25, 0.3) is 0 Å². The second kappa shape index (κ2) is 5.96. The van der Waals surface area contributed by atoms with E-state index in [1.54, 1.807) is 0 Å². The SMILES string of the molecule is O=C1N[C@@H]2CCCC[C@H]2N[C@H]1CC(=O)N1CCc2ccccc21. The lowest BCUT2D eigenvalue weighted by Crippen LogP contribution is -2.65. The van der Waals surface area contributed by atoms with Crippen molar-refractivity contribution in [2.75, 3.05) is 11.4 Å². The molecule has 0 spiro atoms. The van der Waals surface area contributed by atoms with Crippen molar-refractivity contribution in [3.8, 4) is 0 Å². The second-order valence-corrected chi connectivity index (χ2v) is 6.85. The molecule has 1 saturated heterocycles. The van der Waals surface area contributed by atoms with Crippen LogP contribution >= 0.6 is 0 Å². The summed E-state index contributed by atoms with van der Waals surface area (Å²) in [4.78, 5) is 26.8. The van der Waals surface area contributed by atoms with Gasteiger partial charge in [0.25, 0.3) is 0 Å². The third kappa shape index (κ3) is 2.74. The van der Waals surface area contributed by atoms with E-state index in [1.807, 2.05) is 23.1 Å². The van der Waals surface area contributed by atoms with Crippen LogP contribution < -0.4 is 15.5 Å². The van der Waals surface area contributed by atoms with Crippen LogP contribution in [-0.4, -0.2) is 36.5 Å². The Morgan fingerprint density at radius 2 is 1.96 bits per heavy atom. The average molecular weight is 313 g/mol. The number of anilines is 1. The first kappa shape index (κ1) is 14.7. The van der Waals surface area contributed by atoms with E-state index in [1.165, 1.54) is 18.4 Å². The fourth-order valence-electron chi connectivity index (χ4n) is 4.15. The lowest BCUT2D eigenvalue weighted by molar-refractivity contribution is -0.130. The summed E-state index contributed by atoms with van der Waals surface area (Å²) in [7, 11) is 0. The molecule has 3 atom stereocenters. The maximum atomic E-state index is 12.7. The van der Waals surface area contributed by atoms with Gasteiger partial charge in [0.1, 0.15) is 0 Å². The number of benzene rings is 1. The monoisotopic (exact) mass is 313 g/mol. The predicted octanol–water partition coefficient (Wildman–Crippen LogP) is 1.37. The van der Waals surface area contributed by atoms with Gasteiger partial charge in [-0.25, -0.2) is 0 Å². The Bertz CT molecular complexity index is 630. The number of rotatable bonds is 2. The summed E-state index contributed by atoms with van der Waals surface area (Å²) in [6.45, 7) is 0.721. The Labute approximate surface area is 136 Å². The maximum absolute atomic E-state index is 12.7. The van der Waals surface area contributed by atoms with Crippen molar-refractivity contribution in [1.29, 1.82) is 0 Å². The third-order valence-corrected chi connectivity index (χ3v) is 5.39. The average Bonchev–Trinajstić information content (AvgIpc) is 2.99. The fraction of sp³-hybridized carbons (Fsp3) is 0.556. The molecule has 0 unspecified atom stereocenters. The highest BCUT2D eigenvalue weighted by Crippen LogP contribution is 2.29. The molecule has 0 bridgehead atoms. The van der Waals surface area contributed by atoms with Gasteiger partial charge in [0.05, 0.1) is 12.5 Å². The van der Waals surface area contributed by atoms with Gasteiger partial charge < -0.3 is 15.5 Å². The molecule has 1 saturated carbocycles. The molecule has 1 aromatic rings. The lowest BCUT2D eigenvalue weighted by atomic mass is 9.87. The van der Waals surface area contributed by atoms with Crippen LogP contribution in [0.1, 0.15) is 37.7 Å². The van der Waals surface area contributed by atoms with E-state index in [-0.39, 0.29) is 24.3 Å². The number of carbonyl (C=O) groups excluding carboxylic acids is 2. The normalized spacial score (nSPS) is 29.7. The van der Waals surface area contributed by atoms with Crippen molar-refractivity contribution < 1.29 is 9.59 Å². The molecule has 2 fully saturated rings. The van der Waals surface area contributed by atoms with E-state index in [4.69, 9.17) is 0 Å².